The number of carbonyl (C=O) groups excluding carboxylic acids is 1. The number of hydrogen-bond acceptors (Lipinski definition) is 5. The lowest BCUT2D eigenvalue weighted by atomic mass is 10.2. The van der Waals surface area contributed by atoms with Gasteiger partial charge in [-0.3, -0.25) is 4.79 Å². The first-order chi connectivity index (χ1) is 13.5. The van der Waals surface area contributed by atoms with Crippen LogP contribution in [0.4, 0.5) is 10.1 Å². The van der Waals surface area contributed by atoms with Crippen molar-refractivity contribution in [3.8, 4) is 5.75 Å². The van der Waals surface area contributed by atoms with E-state index in [1.54, 1.807) is 13.2 Å². The molecule has 1 N–H and O–H groups in total. The maximum Gasteiger partial charge on any atom is 0.271 e. The molecule has 1 aliphatic rings. The average molecular weight is 404 g/mol. The second-order valence-electron chi connectivity index (χ2n) is 6.77. The van der Waals surface area contributed by atoms with Gasteiger partial charge < -0.3 is 15.0 Å². The standard InChI is InChI=1S/C19H19ClFN5O2/c1-25(10-11-3-5-12(28-2)6-4-11)15-8-17(20)24-26-16(9-22-18(15)26)19(27)23-14-7-13(14)21/h3-6,8-9,13-14H,7,10H2,1-2H3,(H,23,27)/t13-,14+/m1/s1. The van der Waals surface area contributed by atoms with Crippen LogP contribution in [0, 0.1) is 0 Å². The minimum absolute atomic E-state index is 0.218. The summed E-state index contributed by atoms with van der Waals surface area (Å²) in [5.41, 5.74) is 2.51. The van der Waals surface area contributed by atoms with Gasteiger partial charge in [0.1, 0.15) is 11.9 Å². The number of rotatable bonds is 6. The molecule has 4 rings (SSSR count). The molecule has 9 heteroatoms. The molecule has 3 aromatic rings. The van der Waals surface area contributed by atoms with E-state index < -0.39 is 18.1 Å². The van der Waals surface area contributed by atoms with Crippen molar-refractivity contribution in [1.29, 1.82) is 0 Å². The highest BCUT2D eigenvalue weighted by molar-refractivity contribution is 6.29. The van der Waals surface area contributed by atoms with Crippen LogP contribution in [0.1, 0.15) is 22.5 Å². The zero-order valence-corrected chi connectivity index (χ0v) is 16.2. The molecular formula is C19H19ClFN5O2. The Kier molecular flexibility index (Phi) is 4.80. The van der Waals surface area contributed by atoms with Gasteiger partial charge in [0.15, 0.2) is 16.5 Å². The maximum atomic E-state index is 13.1. The molecule has 2 heterocycles. The predicted octanol–water partition coefficient (Wildman–Crippen LogP) is 2.87. The fourth-order valence-corrected chi connectivity index (χ4v) is 3.18. The molecule has 7 nitrogen and oxygen atoms in total. The van der Waals surface area contributed by atoms with Crippen LogP contribution in [0.5, 0.6) is 5.75 Å². The van der Waals surface area contributed by atoms with Gasteiger partial charge in [0.25, 0.3) is 5.91 Å². The van der Waals surface area contributed by atoms with Crippen LogP contribution in [-0.4, -0.2) is 46.9 Å². The number of halogens is 2. The van der Waals surface area contributed by atoms with Crippen LogP contribution in [0.15, 0.2) is 36.5 Å². The molecule has 0 saturated heterocycles. The third kappa shape index (κ3) is 3.60. The van der Waals surface area contributed by atoms with Crippen LogP contribution in [-0.2, 0) is 6.54 Å². The molecule has 2 atom stereocenters. The summed E-state index contributed by atoms with van der Waals surface area (Å²) in [4.78, 5) is 18.7. The monoisotopic (exact) mass is 403 g/mol. The van der Waals surface area contributed by atoms with Gasteiger partial charge in [-0.05, 0) is 17.7 Å². The lowest BCUT2D eigenvalue weighted by Crippen LogP contribution is -2.28. The summed E-state index contributed by atoms with van der Waals surface area (Å²) < 4.78 is 19.7. The van der Waals surface area contributed by atoms with Crippen LogP contribution in [0.2, 0.25) is 5.15 Å². The number of amides is 1. The van der Waals surface area contributed by atoms with Gasteiger partial charge in [-0.15, -0.1) is 0 Å². The molecule has 1 saturated carbocycles. The Morgan fingerprint density at radius 1 is 1.43 bits per heavy atom. The van der Waals surface area contributed by atoms with E-state index in [0.717, 1.165) is 17.0 Å². The van der Waals surface area contributed by atoms with Gasteiger partial charge in [-0.2, -0.15) is 5.10 Å². The zero-order valence-electron chi connectivity index (χ0n) is 15.4. The van der Waals surface area contributed by atoms with Crippen molar-refractivity contribution in [1.82, 2.24) is 19.9 Å². The Balaban J connectivity index is 1.61. The molecule has 146 valence electrons. The smallest absolute Gasteiger partial charge is 0.271 e. The Labute approximate surface area is 166 Å². The molecule has 0 aliphatic heterocycles. The normalized spacial score (nSPS) is 18.1. The molecule has 2 aromatic heterocycles. The molecule has 0 spiro atoms. The number of carbonyl (C=O) groups is 1. The number of imidazole rings is 1. The van der Waals surface area contributed by atoms with E-state index in [4.69, 9.17) is 16.3 Å². The molecule has 1 aromatic carbocycles. The fourth-order valence-electron chi connectivity index (χ4n) is 3.00. The number of ether oxygens (including phenoxy) is 1. The van der Waals surface area contributed by atoms with E-state index in [2.05, 4.69) is 15.4 Å². The summed E-state index contributed by atoms with van der Waals surface area (Å²) in [6.45, 7) is 0.597. The van der Waals surface area contributed by atoms with Crippen molar-refractivity contribution >= 4 is 28.8 Å². The van der Waals surface area contributed by atoms with Crippen LogP contribution in [0.3, 0.4) is 0 Å². The van der Waals surface area contributed by atoms with Gasteiger partial charge >= 0.3 is 0 Å². The highest BCUT2D eigenvalue weighted by Crippen LogP contribution is 2.27. The lowest BCUT2D eigenvalue weighted by Gasteiger charge is -2.20. The van der Waals surface area contributed by atoms with Crippen LogP contribution >= 0.6 is 11.6 Å². The Morgan fingerprint density at radius 2 is 2.14 bits per heavy atom. The second kappa shape index (κ2) is 7.27. The summed E-state index contributed by atoms with van der Waals surface area (Å²) in [6.07, 6.45) is 0.784. The van der Waals surface area contributed by atoms with Gasteiger partial charge in [-0.25, -0.2) is 13.9 Å². The molecule has 0 radical (unpaired) electrons. The number of aromatic nitrogens is 3. The van der Waals surface area contributed by atoms with E-state index in [1.165, 1.54) is 10.7 Å². The number of nitrogens with zero attached hydrogens (tertiary/aromatic N) is 4. The minimum Gasteiger partial charge on any atom is -0.497 e. The third-order valence-electron chi connectivity index (χ3n) is 4.67. The second-order valence-corrected chi connectivity index (χ2v) is 7.15. The zero-order chi connectivity index (χ0) is 19.8. The molecule has 1 amide bonds. The van der Waals surface area contributed by atoms with E-state index in [9.17, 15) is 9.18 Å². The van der Waals surface area contributed by atoms with Gasteiger partial charge in [0, 0.05) is 26.1 Å². The largest absolute Gasteiger partial charge is 0.497 e. The lowest BCUT2D eigenvalue weighted by molar-refractivity contribution is 0.0940. The van der Waals surface area contributed by atoms with Gasteiger partial charge in [0.2, 0.25) is 0 Å². The van der Waals surface area contributed by atoms with E-state index in [-0.39, 0.29) is 10.8 Å². The molecule has 28 heavy (non-hydrogen) atoms. The number of nitrogens with one attached hydrogen (secondary N) is 1. The van der Waals surface area contributed by atoms with E-state index in [0.29, 0.717) is 18.6 Å². The third-order valence-corrected chi connectivity index (χ3v) is 4.85. The Bertz CT molecular complexity index is 1020. The average Bonchev–Trinajstić information content (AvgIpc) is 3.20. The first-order valence-electron chi connectivity index (χ1n) is 8.79. The van der Waals surface area contributed by atoms with Crippen LogP contribution in [0.25, 0.3) is 5.65 Å². The van der Waals surface area contributed by atoms with Crippen molar-refractivity contribution in [3.63, 3.8) is 0 Å². The first-order valence-corrected chi connectivity index (χ1v) is 9.17. The fraction of sp³-hybridized carbons (Fsp3) is 0.316. The van der Waals surface area contributed by atoms with Crippen molar-refractivity contribution in [2.45, 2.75) is 25.2 Å². The summed E-state index contributed by atoms with van der Waals surface area (Å²) >= 11 is 6.19. The number of anilines is 1. The van der Waals surface area contributed by atoms with Gasteiger partial charge in [-0.1, -0.05) is 23.7 Å². The number of fused-ring (bicyclic) bond motifs is 1. The first kappa shape index (κ1) is 18.5. The summed E-state index contributed by atoms with van der Waals surface area (Å²) in [6, 6.07) is 9.01. The number of hydrogen-bond donors (Lipinski definition) is 1. The minimum atomic E-state index is -0.981. The highest BCUT2D eigenvalue weighted by atomic mass is 35.5. The van der Waals surface area contributed by atoms with Crippen molar-refractivity contribution in [2.24, 2.45) is 0 Å². The van der Waals surface area contributed by atoms with Crippen molar-refractivity contribution < 1.29 is 13.9 Å². The summed E-state index contributed by atoms with van der Waals surface area (Å²) in [5.74, 6) is 0.368. The summed E-state index contributed by atoms with van der Waals surface area (Å²) in [5, 5.41) is 7.06. The Morgan fingerprint density at radius 3 is 2.79 bits per heavy atom. The molecular weight excluding hydrogens is 385 g/mol. The molecule has 0 unspecified atom stereocenters. The number of alkyl halides is 1. The molecule has 0 bridgehead atoms. The summed E-state index contributed by atoms with van der Waals surface area (Å²) in [7, 11) is 3.53. The quantitative estimate of drug-likeness (QED) is 0.685. The molecule has 1 fully saturated rings. The highest BCUT2D eigenvalue weighted by Gasteiger charge is 2.39. The SMILES string of the molecule is COc1ccc(CN(C)c2cc(Cl)nn3c(C(=O)N[C@H]4C[C@H]4F)cnc23)cc1. The molecule has 1 aliphatic carbocycles. The van der Waals surface area contributed by atoms with Gasteiger partial charge in [0.05, 0.1) is 25.0 Å². The van der Waals surface area contributed by atoms with Crippen LogP contribution < -0.4 is 15.0 Å². The van der Waals surface area contributed by atoms with E-state index >= 15 is 0 Å². The predicted molar refractivity (Wildman–Crippen MR) is 104 cm³/mol. The number of benzene rings is 1. The van der Waals surface area contributed by atoms with E-state index in [1.807, 2.05) is 36.2 Å². The number of methoxy groups -OCH3 is 1. The maximum absolute atomic E-state index is 13.1. The van der Waals surface area contributed by atoms with Crippen molar-refractivity contribution in [2.75, 3.05) is 19.1 Å². The van der Waals surface area contributed by atoms with Crippen molar-refractivity contribution in [3.05, 3.63) is 52.9 Å². The Hall–Kier alpha value is -2.87. The topological polar surface area (TPSA) is 71.8 Å².